The van der Waals surface area contributed by atoms with E-state index in [0.29, 0.717) is 5.33 Å². The fourth-order valence-electron chi connectivity index (χ4n) is 0.686. The van der Waals surface area contributed by atoms with Crippen molar-refractivity contribution >= 4 is 36.2 Å². The van der Waals surface area contributed by atoms with Crippen LogP contribution < -0.4 is 29.6 Å². The summed E-state index contributed by atoms with van der Waals surface area (Å²) in [7, 11) is -9.82. The van der Waals surface area contributed by atoms with Gasteiger partial charge in [-0.05, 0) is 12.8 Å². The third-order valence-electron chi connectivity index (χ3n) is 1.23. The molecule has 0 saturated carbocycles. The second-order valence-electron chi connectivity index (χ2n) is 2.27. The quantitative estimate of drug-likeness (QED) is 0.327. The van der Waals surface area contributed by atoms with E-state index in [2.05, 4.69) is 15.9 Å². The predicted octanol–water partition coefficient (Wildman–Crippen LogP) is -3.08. The van der Waals surface area contributed by atoms with Gasteiger partial charge in [0, 0.05) is 5.33 Å². The molecule has 0 aromatic rings. The maximum Gasteiger partial charge on any atom is 1.00 e. The van der Waals surface area contributed by atoms with Gasteiger partial charge in [-0.25, -0.2) is 8.42 Å². The third-order valence-corrected chi connectivity index (χ3v) is 5.00. The average Bonchev–Trinajstić information content (AvgIpc) is 1.81. The van der Waals surface area contributed by atoms with Crippen molar-refractivity contribution < 1.29 is 55.5 Å². The molecule has 0 aliphatic carbocycles. The van der Waals surface area contributed by atoms with Crippen molar-refractivity contribution in [3.8, 4) is 0 Å². The van der Waals surface area contributed by atoms with Crippen molar-refractivity contribution in [2.75, 3.05) is 5.33 Å². The first kappa shape index (κ1) is 17.7. The molecule has 80 valence electrons. The molecule has 0 aromatic carbocycles. The summed E-state index contributed by atoms with van der Waals surface area (Å²) >= 11 is 2.94. The molecule has 0 fully saturated rings. The molecule has 0 radical (unpaired) electrons. The van der Waals surface area contributed by atoms with Crippen molar-refractivity contribution in [1.29, 1.82) is 0 Å². The van der Waals surface area contributed by atoms with E-state index in [1.807, 2.05) is 0 Å². The van der Waals surface area contributed by atoms with Crippen molar-refractivity contribution in [1.82, 2.24) is 0 Å². The van der Waals surface area contributed by atoms with Crippen molar-refractivity contribution in [3.05, 3.63) is 0 Å². The summed E-state index contributed by atoms with van der Waals surface area (Å²) in [4.78, 5) is 0. The van der Waals surface area contributed by atoms with Crippen LogP contribution in [0.5, 0.6) is 0 Å². The van der Waals surface area contributed by atoms with Crippen LogP contribution in [0, 0.1) is 0 Å². The Bertz CT molecular complexity index is 316. The minimum Gasteiger partial charge on any atom is -0.747 e. The zero-order chi connectivity index (χ0) is 10.7. The summed E-state index contributed by atoms with van der Waals surface area (Å²) in [5.41, 5.74) is 0. The number of halogens is 1. The van der Waals surface area contributed by atoms with Gasteiger partial charge in [0.15, 0.2) is 4.58 Å². The molecule has 1 N–H and O–H groups in total. The van der Waals surface area contributed by atoms with Gasteiger partial charge in [0.05, 0.1) is 0 Å². The number of hydrogen-bond donors (Lipinski definition) is 1. The standard InChI is InChI=1S/C4H9BrO6S2.Na/c5-3-1-2-4(12(6,7)8)13(9,10)11;/h4H,1-3H2,(H,6,7,8)(H,9,10,11);/q;+1/p-1. The first-order valence-electron chi connectivity index (χ1n) is 3.16. The molecule has 0 aliphatic heterocycles. The molecule has 10 heteroatoms. The van der Waals surface area contributed by atoms with E-state index >= 15 is 0 Å². The zero-order valence-electron chi connectivity index (χ0n) is 7.38. The average molecular weight is 319 g/mol. The summed E-state index contributed by atoms with van der Waals surface area (Å²) in [6.45, 7) is 0. The van der Waals surface area contributed by atoms with Gasteiger partial charge in [-0.3, -0.25) is 4.55 Å². The molecule has 0 spiro atoms. The van der Waals surface area contributed by atoms with Gasteiger partial charge >= 0.3 is 29.6 Å². The summed E-state index contributed by atoms with van der Waals surface area (Å²) in [6, 6.07) is 0. The number of rotatable bonds is 5. The van der Waals surface area contributed by atoms with Crippen LogP contribution in [-0.2, 0) is 20.2 Å². The topological polar surface area (TPSA) is 112 Å². The summed E-state index contributed by atoms with van der Waals surface area (Å²) in [5, 5.41) is 0.356. The Morgan fingerprint density at radius 2 is 1.71 bits per heavy atom. The smallest absolute Gasteiger partial charge is 0.747 e. The molecule has 6 nitrogen and oxygen atoms in total. The largest absolute Gasteiger partial charge is 1.00 e. The van der Waals surface area contributed by atoms with Gasteiger partial charge in [0.1, 0.15) is 10.1 Å². The summed E-state index contributed by atoms with van der Waals surface area (Å²) in [6.07, 6.45) is -0.234. The van der Waals surface area contributed by atoms with Crippen LogP contribution in [0.1, 0.15) is 12.8 Å². The summed E-state index contributed by atoms with van der Waals surface area (Å²) in [5.74, 6) is 0. The molecular formula is C4H8BrNaO6S2. The Balaban J connectivity index is 0. The minimum atomic E-state index is -5.00. The molecule has 0 rings (SSSR count). The molecule has 1 unspecified atom stereocenters. The van der Waals surface area contributed by atoms with Gasteiger partial charge in [0.25, 0.3) is 10.1 Å². The Morgan fingerprint density at radius 3 is 1.93 bits per heavy atom. The van der Waals surface area contributed by atoms with E-state index in [0.717, 1.165) is 0 Å². The maximum atomic E-state index is 10.4. The van der Waals surface area contributed by atoms with Crippen LogP contribution in [0.25, 0.3) is 0 Å². The first-order chi connectivity index (χ1) is 5.69. The minimum absolute atomic E-state index is 0. The molecule has 14 heavy (non-hydrogen) atoms. The van der Waals surface area contributed by atoms with E-state index < -0.39 is 31.2 Å². The molecule has 1 atom stereocenters. The SMILES string of the molecule is O=S(=O)([O-])C(CCCBr)S(=O)(=O)O.[Na+]. The molecule has 0 aliphatic rings. The van der Waals surface area contributed by atoms with Crippen molar-refractivity contribution in [2.45, 2.75) is 17.4 Å². The first-order valence-corrected chi connectivity index (χ1v) is 7.26. The van der Waals surface area contributed by atoms with Crippen LogP contribution in [0.3, 0.4) is 0 Å². The fraction of sp³-hybridized carbons (Fsp3) is 1.00. The predicted molar refractivity (Wildman–Crippen MR) is 48.1 cm³/mol. The monoisotopic (exact) mass is 318 g/mol. The van der Waals surface area contributed by atoms with E-state index in [1.54, 1.807) is 0 Å². The van der Waals surface area contributed by atoms with E-state index in [4.69, 9.17) is 4.55 Å². The van der Waals surface area contributed by atoms with Crippen LogP contribution in [0.2, 0.25) is 0 Å². The molecule has 0 saturated heterocycles. The molecule has 0 aromatic heterocycles. The van der Waals surface area contributed by atoms with Gasteiger partial charge < -0.3 is 4.55 Å². The van der Waals surface area contributed by atoms with Gasteiger partial charge in [-0.15, -0.1) is 0 Å². The Hall–Kier alpha value is 1.30. The summed E-state index contributed by atoms with van der Waals surface area (Å²) < 4.78 is 58.2. The van der Waals surface area contributed by atoms with E-state index in [9.17, 15) is 21.4 Å². The van der Waals surface area contributed by atoms with E-state index in [-0.39, 0.29) is 36.0 Å². The Morgan fingerprint density at radius 1 is 1.29 bits per heavy atom. The van der Waals surface area contributed by atoms with Gasteiger partial charge in [-0.1, -0.05) is 15.9 Å². The second-order valence-corrected chi connectivity index (χ2v) is 6.51. The van der Waals surface area contributed by atoms with Crippen molar-refractivity contribution in [2.24, 2.45) is 0 Å². The fourth-order valence-corrected chi connectivity index (χ4v) is 3.12. The van der Waals surface area contributed by atoms with Crippen LogP contribution in [0.15, 0.2) is 0 Å². The van der Waals surface area contributed by atoms with Gasteiger partial charge in [-0.2, -0.15) is 8.42 Å². The maximum absolute atomic E-state index is 10.4. The second kappa shape index (κ2) is 6.79. The van der Waals surface area contributed by atoms with Crippen LogP contribution in [0.4, 0.5) is 0 Å². The molecular weight excluding hydrogens is 311 g/mol. The van der Waals surface area contributed by atoms with Crippen LogP contribution >= 0.6 is 15.9 Å². The van der Waals surface area contributed by atoms with E-state index in [1.165, 1.54) is 0 Å². The zero-order valence-corrected chi connectivity index (χ0v) is 12.6. The third kappa shape index (κ3) is 6.72. The van der Waals surface area contributed by atoms with Crippen molar-refractivity contribution in [3.63, 3.8) is 0 Å². The van der Waals surface area contributed by atoms with Gasteiger partial charge in [0.2, 0.25) is 0 Å². The number of hydrogen-bond acceptors (Lipinski definition) is 5. The molecule has 0 heterocycles. The molecule has 0 bridgehead atoms. The number of alkyl halides is 1. The molecule has 0 amide bonds. The Labute approximate surface area is 113 Å². The Kier molecular flexibility index (Phi) is 8.58. The normalized spacial score (nSPS) is 14.5. The van der Waals surface area contributed by atoms with Crippen LogP contribution in [-0.4, -0.2) is 35.9 Å².